The van der Waals surface area contributed by atoms with Gasteiger partial charge in [-0.3, -0.25) is 4.79 Å². The first-order valence-electron chi connectivity index (χ1n) is 5.80. The zero-order valence-electron chi connectivity index (χ0n) is 10.1. The number of furan rings is 1. The first kappa shape index (κ1) is 12.7. The van der Waals surface area contributed by atoms with Gasteiger partial charge in [0.25, 0.3) is 0 Å². The van der Waals surface area contributed by atoms with Crippen molar-refractivity contribution < 1.29 is 19.4 Å². The molecule has 0 spiro atoms. The number of hydrogen-bond donors (Lipinski definition) is 2. The zero-order chi connectivity index (χ0) is 14.3. The van der Waals surface area contributed by atoms with Crippen molar-refractivity contribution in [3.63, 3.8) is 0 Å². The second-order valence-electron chi connectivity index (χ2n) is 4.30. The molecule has 100 valence electrons. The minimum atomic E-state index is -0.241. The van der Waals surface area contributed by atoms with Gasteiger partial charge >= 0.3 is 0 Å². The van der Waals surface area contributed by atoms with Crippen molar-refractivity contribution in [3.05, 3.63) is 58.3 Å². The maximum atomic E-state index is 12.5. The van der Waals surface area contributed by atoms with Crippen molar-refractivity contribution in [2.24, 2.45) is 0 Å². The van der Waals surface area contributed by atoms with E-state index in [4.69, 9.17) is 4.42 Å². The third-order valence-electron chi connectivity index (χ3n) is 3.03. The number of phenols is 2. The van der Waals surface area contributed by atoms with Crippen LogP contribution in [0.15, 0.2) is 51.6 Å². The van der Waals surface area contributed by atoms with Crippen LogP contribution in [0.2, 0.25) is 0 Å². The number of ketones is 1. The molecule has 0 saturated carbocycles. The molecule has 2 N–H and O–H groups in total. The first-order chi connectivity index (χ1) is 9.58. The van der Waals surface area contributed by atoms with Crippen molar-refractivity contribution >= 4 is 32.7 Å². The van der Waals surface area contributed by atoms with Crippen LogP contribution in [0.1, 0.15) is 15.9 Å². The summed E-state index contributed by atoms with van der Waals surface area (Å²) in [6.07, 6.45) is 1.37. The largest absolute Gasteiger partial charge is 0.508 e. The number of phenolic OH excluding ortho intramolecular Hbond substituents is 2. The molecule has 4 nitrogen and oxygen atoms in total. The summed E-state index contributed by atoms with van der Waals surface area (Å²) in [7, 11) is 0. The van der Waals surface area contributed by atoms with Crippen LogP contribution in [-0.2, 0) is 0 Å². The zero-order valence-corrected chi connectivity index (χ0v) is 11.7. The quantitative estimate of drug-likeness (QED) is 0.699. The van der Waals surface area contributed by atoms with Crippen molar-refractivity contribution in [2.45, 2.75) is 0 Å². The minimum Gasteiger partial charge on any atom is -0.508 e. The highest BCUT2D eigenvalue weighted by atomic mass is 79.9. The van der Waals surface area contributed by atoms with E-state index in [0.29, 0.717) is 26.6 Å². The molecule has 0 radical (unpaired) electrons. The molecule has 0 fully saturated rings. The fourth-order valence-corrected chi connectivity index (χ4v) is 2.55. The molecule has 0 aliphatic rings. The molecule has 0 amide bonds. The summed E-state index contributed by atoms with van der Waals surface area (Å²) in [5, 5.41) is 19.5. The molecular weight excluding hydrogens is 324 g/mol. The Morgan fingerprint density at radius 1 is 1.05 bits per heavy atom. The summed E-state index contributed by atoms with van der Waals surface area (Å²) in [5.74, 6) is -0.105. The molecule has 0 saturated heterocycles. The molecule has 1 heterocycles. The van der Waals surface area contributed by atoms with Gasteiger partial charge in [0.05, 0.1) is 10.0 Å². The van der Waals surface area contributed by atoms with Crippen LogP contribution in [0.3, 0.4) is 0 Å². The monoisotopic (exact) mass is 332 g/mol. The molecule has 2 aromatic carbocycles. The van der Waals surface area contributed by atoms with E-state index >= 15 is 0 Å². The molecular formula is C15H9BrO4. The Labute approximate surface area is 122 Å². The Balaban J connectivity index is 2.17. The van der Waals surface area contributed by atoms with Crippen LogP contribution in [0, 0.1) is 0 Å². The van der Waals surface area contributed by atoms with E-state index in [2.05, 4.69) is 15.9 Å². The van der Waals surface area contributed by atoms with Crippen molar-refractivity contribution in [2.75, 3.05) is 0 Å². The normalized spacial score (nSPS) is 10.8. The summed E-state index contributed by atoms with van der Waals surface area (Å²) in [4.78, 5) is 12.5. The lowest BCUT2D eigenvalue weighted by molar-refractivity contribution is 0.103. The van der Waals surface area contributed by atoms with Gasteiger partial charge in [-0.1, -0.05) is 0 Å². The summed E-state index contributed by atoms with van der Waals surface area (Å²) >= 11 is 3.26. The third-order valence-corrected chi connectivity index (χ3v) is 3.83. The maximum Gasteiger partial charge on any atom is 0.196 e. The maximum absolute atomic E-state index is 12.5. The van der Waals surface area contributed by atoms with E-state index in [9.17, 15) is 15.0 Å². The molecule has 0 aliphatic carbocycles. The second-order valence-corrected chi connectivity index (χ2v) is 5.09. The van der Waals surface area contributed by atoms with E-state index < -0.39 is 0 Å². The van der Waals surface area contributed by atoms with Gasteiger partial charge in [-0.2, -0.15) is 0 Å². The lowest BCUT2D eigenvalue weighted by Gasteiger charge is -2.02. The summed E-state index contributed by atoms with van der Waals surface area (Å²) in [5.41, 5.74) is 1.30. The fourth-order valence-electron chi connectivity index (χ4n) is 2.01. The summed E-state index contributed by atoms with van der Waals surface area (Å²) in [6.45, 7) is 0. The number of carbonyl (C=O) groups excluding carboxylic acids is 1. The average Bonchev–Trinajstić information content (AvgIpc) is 2.87. The highest BCUT2D eigenvalue weighted by molar-refractivity contribution is 9.10. The molecule has 0 atom stereocenters. The molecule has 5 heteroatoms. The minimum absolute atomic E-state index is 0.0404. The summed E-state index contributed by atoms with van der Waals surface area (Å²) in [6, 6.07) is 9.05. The van der Waals surface area contributed by atoms with Gasteiger partial charge < -0.3 is 14.6 Å². The van der Waals surface area contributed by atoms with Crippen LogP contribution < -0.4 is 0 Å². The Kier molecular flexibility index (Phi) is 2.99. The van der Waals surface area contributed by atoms with Gasteiger partial charge in [0.15, 0.2) is 5.78 Å². The van der Waals surface area contributed by atoms with Gasteiger partial charge in [0, 0.05) is 10.9 Å². The SMILES string of the molecule is O=C(c1ccc(O)cc1)c1coc2ccc(O)c(Br)c12. The van der Waals surface area contributed by atoms with Crippen LogP contribution in [-0.4, -0.2) is 16.0 Å². The molecule has 20 heavy (non-hydrogen) atoms. The van der Waals surface area contributed by atoms with E-state index in [1.165, 1.54) is 36.6 Å². The average molecular weight is 333 g/mol. The Hall–Kier alpha value is -2.27. The fraction of sp³-hybridized carbons (Fsp3) is 0. The topological polar surface area (TPSA) is 70.7 Å². The third kappa shape index (κ3) is 1.96. The van der Waals surface area contributed by atoms with Crippen molar-refractivity contribution in [1.82, 2.24) is 0 Å². The Morgan fingerprint density at radius 3 is 2.45 bits per heavy atom. The van der Waals surface area contributed by atoms with Crippen LogP contribution in [0.25, 0.3) is 11.0 Å². The van der Waals surface area contributed by atoms with Crippen LogP contribution >= 0.6 is 15.9 Å². The molecule has 0 unspecified atom stereocenters. The number of fused-ring (bicyclic) bond motifs is 1. The van der Waals surface area contributed by atoms with E-state index in [0.717, 1.165) is 0 Å². The van der Waals surface area contributed by atoms with Crippen molar-refractivity contribution in [3.8, 4) is 11.5 Å². The van der Waals surface area contributed by atoms with E-state index in [1.807, 2.05) is 0 Å². The first-order valence-corrected chi connectivity index (χ1v) is 6.59. The van der Waals surface area contributed by atoms with E-state index in [-0.39, 0.29) is 17.3 Å². The number of halogens is 1. The Bertz CT molecular complexity index is 803. The smallest absolute Gasteiger partial charge is 0.196 e. The molecule has 0 aliphatic heterocycles. The second kappa shape index (κ2) is 4.68. The molecule has 3 aromatic rings. The van der Waals surface area contributed by atoms with Crippen LogP contribution in [0.4, 0.5) is 0 Å². The predicted molar refractivity (Wildman–Crippen MR) is 77.1 cm³/mol. The van der Waals surface area contributed by atoms with Crippen molar-refractivity contribution in [1.29, 1.82) is 0 Å². The number of carbonyl (C=O) groups is 1. The number of hydrogen-bond acceptors (Lipinski definition) is 4. The van der Waals surface area contributed by atoms with Gasteiger partial charge in [0.2, 0.25) is 0 Å². The highest BCUT2D eigenvalue weighted by Crippen LogP contribution is 2.36. The van der Waals surface area contributed by atoms with Gasteiger partial charge in [0.1, 0.15) is 23.3 Å². The van der Waals surface area contributed by atoms with Crippen LogP contribution in [0.5, 0.6) is 11.5 Å². The number of rotatable bonds is 2. The van der Waals surface area contributed by atoms with Gasteiger partial charge in [-0.25, -0.2) is 0 Å². The lowest BCUT2D eigenvalue weighted by atomic mass is 10.0. The molecule has 1 aromatic heterocycles. The molecule has 3 rings (SSSR count). The number of benzene rings is 2. The molecule has 0 bridgehead atoms. The van der Waals surface area contributed by atoms with Gasteiger partial charge in [-0.15, -0.1) is 0 Å². The standard InChI is InChI=1S/C15H9BrO4/c16-14-11(18)5-6-12-13(14)10(7-20-12)15(19)8-1-3-9(17)4-2-8/h1-7,17-18H. The Morgan fingerprint density at radius 2 is 1.75 bits per heavy atom. The number of aromatic hydroxyl groups is 2. The van der Waals surface area contributed by atoms with Gasteiger partial charge in [-0.05, 0) is 52.3 Å². The predicted octanol–water partition coefficient (Wildman–Crippen LogP) is 3.84. The summed E-state index contributed by atoms with van der Waals surface area (Å²) < 4.78 is 5.76. The van der Waals surface area contributed by atoms with E-state index in [1.54, 1.807) is 6.07 Å². The lowest BCUT2D eigenvalue weighted by Crippen LogP contribution is -1.99. The highest BCUT2D eigenvalue weighted by Gasteiger charge is 2.19.